The summed E-state index contributed by atoms with van der Waals surface area (Å²) in [6, 6.07) is 6.25. The Hall–Kier alpha value is -2.90. The maximum absolute atomic E-state index is 12.4. The third-order valence-electron chi connectivity index (χ3n) is 3.76. The first-order valence-electron chi connectivity index (χ1n) is 8.16. The van der Waals surface area contributed by atoms with Gasteiger partial charge in [0.1, 0.15) is 5.69 Å². The first-order chi connectivity index (χ1) is 12.0. The number of esters is 1. The number of aryl methyl sites for hydroxylation is 2. The number of nitro benzene ring substituents is 1. The molecule has 0 aliphatic rings. The molecule has 0 aliphatic carbocycles. The number of rotatable bonds is 8. The van der Waals surface area contributed by atoms with E-state index in [9.17, 15) is 14.9 Å². The van der Waals surface area contributed by atoms with Crippen LogP contribution in [0.1, 0.15) is 42.4 Å². The number of nitrogens with zero attached hydrogens (tertiary/aromatic N) is 3. The molecule has 0 unspecified atom stereocenters. The van der Waals surface area contributed by atoms with E-state index in [0.717, 1.165) is 19.3 Å². The number of benzene rings is 1. The van der Waals surface area contributed by atoms with Crippen molar-refractivity contribution in [2.75, 3.05) is 11.9 Å². The van der Waals surface area contributed by atoms with Gasteiger partial charge in [-0.15, -0.1) is 0 Å². The molecule has 0 spiro atoms. The Morgan fingerprint density at radius 1 is 1.36 bits per heavy atom. The number of carbonyl (C=O) groups is 1. The highest BCUT2D eigenvalue weighted by atomic mass is 16.6. The van der Waals surface area contributed by atoms with Gasteiger partial charge in [0, 0.05) is 13.1 Å². The second-order valence-electron chi connectivity index (χ2n) is 5.67. The smallest absolute Gasteiger partial charge is 0.358 e. The molecule has 1 aromatic heterocycles. The van der Waals surface area contributed by atoms with Crippen LogP contribution in [0.15, 0.2) is 24.3 Å². The summed E-state index contributed by atoms with van der Waals surface area (Å²) >= 11 is 0. The first kappa shape index (κ1) is 18.4. The zero-order valence-corrected chi connectivity index (χ0v) is 14.6. The van der Waals surface area contributed by atoms with Gasteiger partial charge in [0.05, 0.1) is 22.9 Å². The van der Waals surface area contributed by atoms with Gasteiger partial charge in [-0.1, -0.05) is 31.9 Å². The van der Waals surface area contributed by atoms with E-state index in [4.69, 9.17) is 4.74 Å². The van der Waals surface area contributed by atoms with Crippen molar-refractivity contribution in [2.45, 2.75) is 33.1 Å². The molecule has 0 saturated heterocycles. The van der Waals surface area contributed by atoms with E-state index in [1.165, 1.54) is 10.7 Å². The number of ether oxygens (including phenoxy) is 1. The third-order valence-corrected chi connectivity index (χ3v) is 3.76. The molecule has 1 aromatic carbocycles. The van der Waals surface area contributed by atoms with Crippen molar-refractivity contribution in [2.24, 2.45) is 7.05 Å². The van der Waals surface area contributed by atoms with Crippen LogP contribution in [0, 0.1) is 17.0 Å². The Labute approximate surface area is 145 Å². The Kier molecular flexibility index (Phi) is 6.10. The number of para-hydroxylation sites is 2. The lowest BCUT2D eigenvalue weighted by molar-refractivity contribution is -0.383. The van der Waals surface area contributed by atoms with Gasteiger partial charge in [-0.25, -0.2) is 4.79 Å². The predicted octanol–water partition coefficient (Wildman–Crippen LogP) is 3.73. The lowest BCUT2D eigenvalue weighted by atomic mass is 10.2. The van der Waals surface area contributed by atoms with Crippen molar-refractivity contribution >= 4 is 23.0 Å². The van der Waals surface area contributed by atoms with Crippen LogP contribution in [-0.4, -0.2) is 27.3 Å². The summed E-state index contributed by atoms with van der Waals surface area (Å²) in [5, 5.41) is 18.4. The fourth-order valence-corrected chi connectivity index (χ4v) is 2.50. The maximum atomic E-state index is 12.4. The van der Waals surface area contributed by atoms with E-state index in [0.29, 0.717) is 23.7 Å². The fraction of sp³-hybridized carbons (Fsp3) is 0.412. The Morgan fingerprint density at radius 3 is 2.76 bits per heavy atom. The molecule has 2 rings (SSSR count). The average molecular weight is 346 g/mol. The Morgan fingerprint density at radius 2 is 2.08 bits per heavy atom. The monoisotopic (exact) mass is 346 g/mol. The van der Waals surface area contributed by atoms with Crippen molar-refractivity contribution < 1.29 is 14.5 Å². The van der Waals surface area contributed by atoms with Crippen LogP contribution in [-0.2, 0) is 11.8 Å². The average Bonchev–Trinajstić information content (AvgIpc) is 2.85. The summed E-state index contributed by atoms with van der Waals surface area (Å²) < 4.78 is 6.73. The van der Waals surface area contributed by atoms with Gasteiger partial charge in [-0.3, -0.25) is 14.8 Å². The van der Waals surface area contributed by atoms with E-state index in [2.05, 4.69) is 17.3 Å². The third kappa shape index (κ3) is 4.34. The molecule has 134 valence electrons. The zero-order chi connectivity index (χ0) is 18.4. The minimum absolute atomic E-state index is 0.0759. The SMILES string of the molecule is CCCCCOC(=O)c1c(Nc2ccccc2[N+](=O)[O-])c(C)nn1C. The molecule has 0 bridgehead atoms. The molecular weight excluding hydrogens is 324 g/mol. The second-order valence-corrected chi connectivity index (χ2v) is 5.67. The van der Waals surface area contributed by atoms with Gasteiger partial charge < -0.3 is 10.1 Å². The van der Waals surface area contributed by atoms with Crippen LogP contribution in [0.3, 0.4) is 0 Å². The maximum Gasteiger partial charge on any atom is 0.358 e. The lowest BCUT2D eigenvalue weighted by Gasteiger charge is -2.10. The van der Waals surface area contributed by atoms with E-state index in [1.807, 2.05) is 0 Å². The van der Waals surface area contributed by atoms with E-state index < -0.39 is 10.9 Å². The molecule has 8 nitrogen and oxygen atoms in total. The molecule has 0 amide bonds. The quantitative estimate of drug-likeness (QED) is 0.338. The molecule has 0 fully saturated rings. The van der Waals surface area contributed by atoms with Gasteiger partial charge in [0.2, 0.25) is 0 Å². The summed E-state index contributed by atoms with van der Waals surface area (Å²) in [4.78, 5) is 23.1. The lowest BCUT2D eigenvalue weighted by Crippen LogP contribution is -2.13. The summed E-state index contributed by atoms with van der Waals surface area (Å²) in [6.45, 7) is 4.13. The van der Waals surface area contributed by atoms with E-state index in [-0.39, 0.29) is 11.4 Å². The summed E-state index contributed by atoms with van der Waals surface area (Å²) in [5.41, 5.74) is 1.43. The van der Waals surface area contributed by atoms with Crippen molar-refractivity contribution in [3.8, 4) is 0 Å². The van der Waals surface area contributed by atoms with Gasteiger partial charge >= 0.3 is 5.97 Å². The van der Waals surface area contributed by atoms with Gasteiger partial charge in [0.25, 0.3) is 5.69 Å². The molecule has 0 radical (unpaired) electrons. The predicted molar refractivity (Wildman–Crippen MR) is 94.1 cm³/mol. The minimum Gasteiger partial charge on any atom is -0.461 e. The minimum atomic E-state index is -0.500. The van der Waals surface area contributed by atoms with Crippen LogP contribution < -0.4 is 5.32 Å². The van der Waals surface area contributed by atoms with E-state index >= 15 is 0 Å². The number of hydrogen-bond acceptors (Lipinski definition) is 6. The Bertz CT molecular complexity index is 770. The molecular formula is C17H22N4O4. The first-order valence-corrected chi connectivity index (χ1v) is 8.16. The van der Waals surface area contributed by atoms with Crippen molar-refractivity contribution in [3.63, 3.8) is 0 Å². The largest absolute Gasteiger partial charge is 0.461 e. The highest BCUT2D eigenvalue weighted by molar-refractivity contribution is 5.96. The summed E-state index contributed by atoms with van der Waals surface area (Å²) in [7, 11) is 1.64. The van der Waals surface area contributed by atoms with E-state index in [1.54, 1.807) is 32.2 Å². The number of carbonyl (C=O) groups excluding carboxylic acids is 1. The fourth-order valence-electron chi connectivity index (χ4n) is 2.50. The highest BCUT2D eigenvalue weighted by Crippen LogP contribution is 2.30. The van der Waals surface area contributed by atoms with Crippen LogP contribution in [0.5, 0.6) is 0 Å². The number of aromatic nitrogens is 2. The number of nitrogens with one attached hydrogen (secondary N) is 1. The number of unbranched alkanes of at least 4 members (excludes halogenated alkanes) is 2. The topological polar surface area (TPSA) is 99.3 Å². The zero-order valence-electron chi connectivity index (χ0n) is 14.6. The standard InChI is InChI=1S/C17H22N4O4/c1-4-5-8-11-25-17(22)16-15(12(2)19-20(16)3)18-13-9-6-7-10-14(13)21(23)24/h6-7,9-10,18H,4-5,8,11H2,1-3H3. The van der Waals surface area contributed by atoms with Crippen molar-refractivity contribution in [1.29, 1.82) is 0 Å². The molecule has 8 heteroatoms. The highest BCUT2D eigenvalue weighted by Gasteiger charge is 2.23. The molecule has 1 N–H and O–H groups in total. The van der Waals surface area contributed by atoms with Crippen LogP contribution in [0.4, 0.5) is 17.1 Å². The van der Waals surface area contributed by atoms with Crippen molar-refractivity contribution in [3.05, 3.63) is 45.8 Å². The number of nitro groups is 1. The Balaban J connectivity index is 2.27. The number of anilines is 2. The van der Waals surface area contributed by atoms with Gasteiger partial charge in [0.15, 0.2) is 5.69 Å². The summed E-state index contributed by atoms with van der Waals surface area (Å²) in [5.74, 6) is -0.500. The van der Waals surface area contributed by atoms with Gasteiger partial charge in [-0.05, 0) is 19.4 Å². The second kappa shape index (κ2) is 8.27. The normalized spacial score (nSPS) is 10.5. The van der Waals surface area contributed by atoms with Crippen LogP contribution >= 0.6 is 0 Å². The summed E-state index contributed by atoms with van der Waals surface area (Å²) in [6.07, 6.45) is 2.82. The molecule has 25 heavy (non-hydrogen) atoms. The molecule has 2 aromatic rings. The van der Waals surface area contributed by atoms with Crippen molar-refractivity contribution in [1.82, 2.24) is 9.78 Å². The molecule has 0 atom stereocenters. The van der Waals surface area contributed by atoms with Crippen LogP contribution in [0.25, 0.3) is 0 Å². The van der Waals surface area contributed by atoms with Crippen LogP contribution in [0.2, 0.25) is 0 Å². The molecule has 0 saturated carbocycles. The number of hydrogen-bond donors (Lipinski definition) is 1. The molecule has 1 heterocycles. The van der Waals surface area contributed by atoms with Gasteiger partial charge in [-0.2, -0.15) is 5.10 Å². The molecule has 0 aliphatic heterocycles.